The van der Waals surface area contributed by atoms with Crippen LogP contribution in [0.2, 0.25) is 0 Å². The molecule has 0 bridgehead atoms. The molecule has 19 heavy (non-hydrogen) atoms. The number of anilines is 2. The largest absolute Gasteiger partial charge is 0.389 e. The fourth-order valence-electron chi connectivity index (χ4n) is 1.79. The van der Waals surface area contributed by atoms with Crippen molar-refractivity contribution in [2.75, 3.05) is 11.9 Å². The van der Waals surface area contributed by atoms with Crippen LogP contribution in [0.5, 0.6) is 0 Å². The van der Waals surface area contributed by atoms with E-state index in [4.69, 9.17) is 5.26 Å². The Balaban J connectivity index is 2.35. The molecule has 1 aromatic heterocycles. The van der Waals surface area contributed by atoms with Gasteiger partial charge in [0.2, 0.25) is 0 Å². The van der Waals surface area contributed by atoms with E-state index in [-0.39, 0.29) is 0 Å². The van der Waals surface area contributed by atoms with Gasteiger partial charge in [-0.05, 0) is 42.8 Å². The molecule has 0 fully saturated rings. The van der Waals surface area contributed by atoms with E-state index in [9.17, 15) is 5.11 Å². The first-order valence-electron chi connectivity index (χ1n) is 5.99. The van der Waals surface area contributed by atoms with Gasteiger partial charge < -0.3 is 10.0 Å². The Morgan fingerprint density at radius 2 is 2.11 bits per heavy atom. The van der Waals surface area contributed by atoms with E-state index in [1.165, 1.54) is 0 Å². The van der Waals surface area contributed by atoms with Crippen molar-refractivity contribution in [3.8, 4) is 6.07 Å². The number of hydrogen-bond acceptors (Lipinski definition) is 4. The van der Waals surface area contributed by atoms with Crippen molar-refractivity contribution in [3.05, 3.63) is 53.7 Å². The van der Waals surface area contributed by atoms with Gasteiger partial charge in [-0.15, -0.1) is 0 Å². The average Bonchev–Trinajstić information content (AvgIpc) is 2.46. The summed E-state index contributed by atoms with van der Waals surface area (Å²) in [6.45, 7) is 1.72. The summed E-state index contributed by atoms with van der Waals surface area (Å²) in [4.78, 5) is 6.17. The summed E-state index contributed by atoms with van der Waals surface area (Å²) >= 11 is 0. The molecule has 0 amide bonds. The average molecular weight is 253 g/mol. The monoisotopic (exact) mass is 253 g/mol. The van der Waals surface area contributed by atoms with E-state index in [2.05, 4.69) is 11.1 Å². The van der Waals surface area contributed by atoms with Crippen molar-refractivity contribution in [1.82, 2.24) is 4.98 Å². The lowest BCUT2D eigenvalue weighted by Crippen LogP contribution is -2.11. The smallest absolute Gasteiger partial charge is 0.133 e. The first kappa shape index (κ1) is 13.1. The third-order valence-electron chi connectivity index (χ3n) is 2.96. The molecule has 2 aromatic rings. The second-order valence-electron chi connectivity index (χ2n) is 4.34. The summed E-state index contributed by atoms with van der Waals surface area (Å²) < 4.78 is 0. The van der Waals surface area contributed by atoms with Crippen LogP contribution in [0.1, 0.15) is 24.2 Å². The molecule has 0 radical (unpaired) electrons. The van der Waals surface area contributed by atoms with Crippen molar-refractivity contribution in [1.29, 1.82) is 5.26 Å². The maximum absolute atomic E-state index is 9.59. The second kappa shape index (κ2) is 5.51. The predicted molar refractivity (Wildman–Crippen MR) is 74.1 cm³/mol. The first-order valence-corrected chi connectivity index (χ1v) is 5.99. The number of aromatic nitrogens is 1. The topological polar surface area (TPSA) is 60.2 Å². The van der Waals surface area contributed by atoms with E-state index >= 15 is 0 Å². The Kier molecular flexibility index (Phi) is 3.79. The van der Waals surface area contributed by atoms with Gasteiger partial charge in [0.1, 0.15) is 5.82 Å². The third kappa shape index (κ3) is 2.90. The van der Waals surface area contributed by atoms with Gasteiger partial charge in [0.05, 0.1) is 17.7 Å². The highest BCUT2D eigenvalue weighted by Crippen LogP contribution is 2.24. The van der Waals surface area contributed by atoms with Gasteiger partial charge >= 0.3 is 0 Å². The van der Waals surface area contributed by atoms with Crippen molar-refractivity contribution < 1.29 is 5.11 Å². The van der Waals surface area contributed by atoms with Crippen LogP contribution in [0, 0.1) is 11.3 Å². The van der Waals surface area contributed by atoms with E-state index < -0.39 is 6.10 Å². The molecule has 0 spiro atoms. The Morgan fingerprint density at radius 3 is 2.79 bits per heavy atom. The molecular formula is C15H15N3O. The van der Waals surface area contributed by atoms with Crippen LogP contribution in [0.25, 0.3) is 0 Å². The molecule has 1 heterocycles. The van der Waals surface area contributed by atoms with Gasteiger partial charge in [-0.2, -0.15) is 5.26 Å². The van der Waals surface area contributed by atoms with Gasteiger partial charge in [0, 0.05) is 18.9 Å². The molecule has 4 heteroatoms. The Labute approximate surface area is 112 Å². The molecule has 4 nitrogen and oxygen atoms in total. The molecular weight excluding hydrogens is 238 g/mol. The van der Waals surface area contributed by atoms with Crippen LogP contribution >= 0.6 is 0 Å². The molecule has 0 unspecified atom stereocenters. The third-order valence-corrected chi connectivity index (χ3v) is 2.96. The Hall–Kier alpha value is -2.38. The number of nitriles is 1. The molecule has 96 valence electrons. The minimum atomic E-state index is -0.527. The fourth-order valence-corrected chi connectivity index (χ4v) is 1.79. The SMILES string of the molecule is C[C@@H](O)c1ccnc(N(C)c2cccc(C#N)c2)c1. The highest BCUT2D eigenvalue weighted by atomic mass is 16.3. The molecule has 1 N–H and O–H groups in total. The molecule has 0 saturated carbocycles. The number of rotatable bonds is 3. The van der Waals surface area contributed by atoms with Crippen molar-refractivity contribution in [2.24, 2.45) is 0 Å². The maximum Gasteiger partial charge on any atom is 0.133 e. The van der Waals surface area contributed by atoms with Crippen LogP contribution in [-0.4, -0.2) is 17.1 Å². The van der Waals surface area contributed by atoms with E-state index in [1.54, 1.807) is 31.3 Å². The van der Waals surface area contributed by atoms with E-state index in [0.29, 0.717) is 5.56 Å². The molecule has 0 aliphatic heterocycles. The quantitative estimate of drug-likeness (QED) is 0.913. The van der Waals surface area contributed by atoms with Crippen LogP contribution in [-0.2, 0) is 0 Å². The minimum Gasteiger partial charge on any atom is -0.389 e. The zero-order chi connectivity index (χ0) is 13.8. The van der Waals surface area contributed by atoms with Gasteiger partial charge in [-0.3, -0.25) is 0 Å². The normalized spacial score (nSPS) is 11.7. The van der Waals surface area contributed by atoms with Gasteiger partial charge in [-0.25, -0.2) is 4.98 Å². The van der Waals surface area contributed by atoms with Crippen LogP contribution in [0.4, 0.5) is 11.5 Å². The van der Waals surface area contributed by atoms with E-state index in [0.717, 1.165) is 17.1 Å². The molecule has 1 aromatic carbocycles. The summed E-state index contributed by atoms with van der Waals surface area (Å²) in [6.07, 6.45) is 1.14. The number of pyridine rings is 1. The number of hydrogen-bond donors (Lipinski definition) is 1. The van der Waals surface area contributed by atoms with Gasteiger partial charge in [0.15, 0.2) is 0 Å². The maximum atomic E-state index is 9.59. The zero-order valence-electron chi connectivity index (χ0n) is 10.9. The highest BCUT2D eigenvalue weighted by molar-refractivity contribution is 5.61. The summed E-state index contributed by atoms with van der Waals surface area (Å²) in [7, 11) is 1.88. The Morgan fingerprint density at radius 1 is 1.32 bits per heavy atom. The lowest BCUT2D eigenvalue weighted by Gasteiger charge is -2.19. The summed E-state index contributed by atoms with van der Waals surface area (Å²) in [6, 6.07) is 13.1. The van der Waals surface area contributed by atoms with Crippen LogP contribution < -0.4 is 4.90 Å². The fraction of sp³-hybridized carbons (Fsp3) is 0.200. The standard InChI is InChI=1S/C15H15N3O/c1-11(19)13-6-7-17-15(9-13)18(2)14-5-3-4-12(8-14)10-16/h3-9,11,19H,1-2H3/t11-/m1/s1. The predicted octanol–water partition coefficient (Wildman–Crippen LogP) is 2.77. The molecule has 2 rings (SSSR count). The van der Waals surface area contributed by atoms with Gasteiger partial charge in [0.25, 0.3) is 0 Å². The number of benzene rings is 1. The summed E-state index contributed by atoms with van der Waals surface area (Å²) in [5, 5.41) is 18.5. The minimum absolute atomic E-state index is 0.527. The lowest BCUT2D eigenvalue weighted by molar-refractivity contribution is 0.199. The summed E-state index contributed by atoms with van der Waals surface area (Å²) in [5.74, 6) is 0.730. The lowest BCUT2D eigenvalue weighted by atomic mass is 10.1. The first-order chi connectivity index (χ1) is 9.11. The molecule has 0 aliphatic carbocycles. The highest BCUT2D eigenvalue weighted by Gasteiger charge is 2.08. The van der Waals surface area contributed by atoms with Crippen molar-refractivity contribution >= 4 is 11.5 Å². The van der Waals surface area contributed by atoms with Crippen molar-refractivity contribution in [2.45, 2.75) is 13.0 Å². The zero-order valence-corrected chi connectivity index (χ0v) is 10.9. The van der Waals surface area contributed by atoms with Crippen LogP contribution in [0.3, 0.4) is 0 Å². The van der Waals surface area contributed by atoms with Gasteiger partial charge in [-0.1, -0.05) is 6.07 Å². The number of aliphatic hydroxyl groups is 1. The second-order valence-corrected chi connectivity index (χ2v) is 4.34. The van der Waals surface area contributed by atoms with Crippen molar-refractivity contribution in [3.63, 3.8) is 0 Å². The molecule has 1 atom stereocenters. The molecule has 0 aliphatic rings. The van der Waals surface area contributed by atoms with Crippen LogP contribution in [0.15, 0.2) is 42.6 Å². The number of nitrogens with zero attached hydrogens (tertiary/aromatic N) is 3. The van der Waals surface area contributed by atoms with E-state index in [1.807, 2.05) is 30.1 Å². The Bertz CT molecular complexity index is 617. The number of aliphatic hydroxyl groups excluding tert-OH is 1. The summed E-state index contributed by atoms with van der Waals surface area (Å²) in [5.41, 5.74) is 2.30. The molecule has 0 saturated heterocycles.